The second kappa shape index (κ2) is 13.0. The molecule has 2 N–H and O–H groups in total. The quantitative estimate of drug-likeness (QED) is 0.240. The van der Waals surface area contributed by atoms with Gasteiger partial charge in [-0.05, 0) is 37.9 Å². The predicted octanol–water partition coefficient (Wildman–Crippen LogP) is 3.98. The second-order valence-electron chi connectivity index (χ2n) is 10.2. The van der Waals surface area contributed by atoms with Crippen LogP contribution in [0.5, 0.6) is 0 Å². The van der Waals surface area contributed by atoms with E-state index in [0.29, 0.717) is 24.9 Å². The number of hydrogen-bond donors (Lipinski definition) is 2. The molecule has 11 nitrogen and oxygen atoms in total. The fourth-order valence-corrected chi connectivity index (χ4v) is 5.04. The third kappa shape index (κ3) is 6.41. The number of aryl methyl sites for hydroxylation is 4. The molecule has 1 atom stereocenters. The van der Waals surface area contributed by atoms with E-state index in [1.165, 1.54) is 6.21 Å². The number of aliphatic imine (C=N–C) groups is 1. The molecule has 4 aromatic rings. The van der Waals surface area contributed by atoms with Crippen LogP contribution in [0.1, 0.15) is 29.7 Å². The van der Waals surface area contributed by atoms with E-state index < -0.39 is 0 Å². The highest BCUT2D eigenvalue weighted by atomic mass is 16.5. The maximum atomic E-state index is 7.97. The van der Waals surface area contributed by atoms with Crippen molar-refractivity contribution in [1.29, 1.82) is 5.41 Å². The first-order valence-electron chi connectivity index (χ1n) is 14.0. The zero-order valence-corrected chi connectivity index (χ0v) is 24.2. The standard InChI is InChI=1S/C30H38N10O/c1-5-40-14-12-26(37-40)34-30-33-20-23-10-11-25-27(28(23)35-30)29(39(3)36-25)22-8-6-21(7-9-22)24(18-31)19-32-13-15-38(2)16-17-41-4/h6-9,12,14,18-20,24,31H,5,10-11,13,15-17H2,1-4H3,(H,33,34,35,37). The maximum Gasteiger partial charge on any atom is 0.228 e. The average Bonchev–Trinajstić information content (AvgIpc) is 3.59. The van der Waals surface area contributed by atoms with Crippen LogP contribution < -0.4 is 5.32 Å². The Morgan fingerprint density at radius 2 is 2.00 bits per heavy atom. The lowest BCUT2D eigenvalue weighted by Gasteiger charge is -2.17. The third-order valence-corrected chi connectivity index (χ3v) is 7.36. The Hall–Kier alpha value is -4.22. The summed E-state index contributed by atoms with van der Waals surface area (Å²) in [5.74, 6) is 1.06. The molecule has 1 aliphatic rings. The molecule has 214 valence electrons. The number of hydrogen-bond acceptors (Lipinski definition) is 9. The Morgan fingerprint density at radius 3 is 2.73 bits per heavy atom. The summed E-state index contributed by atoms with van der Waals surface area (Å²) in [5.41, 5.74) is 7.20. The SMILES string of the molecule is CCn1ccc(Nc2ncc3c(n2)-c2c(nn(C)c2-c2ccc(C(C=N)C=NCCN(C)CCOC)cc2)CC3)n1. The molecule has 5 rings (SSSR count). The van der Waals surface area contributed by atoms with E-state index in [1.54, 1.807) is 7.11 Å². The summed E-state index contributed by atoms with van der Waals surface area (Å²) in [5, 5.41) is 20.6. The van der Waals surface area contributed by atoms with Crippen LogP contribution in [0.25, 0.3) is 22.5 Å². The van der Waals surface area contributed by atoms with E-state index >= 15 is 0 Å². The molecular formula is C30H38N10O. The molecular weight excluding hydrogens is 516 g/mol. The van der Waals surface area contributed by atoms with Gasteiger partial charge in [0.15, 0.2) is 5.82 Å². The van der Waals surface area contributed by atoms with Crippen LogP contribution in [-0.4, -0.2) is 87.3 Å². The molecule has 0 fully saturated rings. The molecule has 3 aromatic heterocycles. The molecule has 3 heterocycles. The molecule has 0 radical (unpaired) electrons. The fraction of sp³-hybridized carbons (Fsp3) is 0.400. The van der Waals surface area contributed by atoms with Crippen molar-refractivity contribution in [3.63, 3.8) is 0 Å². The van der Waals surface area contributed by atoms with Gasteiger partial charge >= 0.3 is 0 Å². The Labute approximate surface area is 240 Å². The lowest BCUT2D eigenvalue weighted by molar-refractivity contribution is 0.163. The Bertz CT molecular complexity index is 1500. The molecule has 0 aliphatic heterocycles. The van der Waals surface area contributed by atoms with Gasteiger partial charge in [0.1, 0.15) is 0 Å². The smallest absolute Gasteiger partial charge is 0.228 e. The van der Waals surface area contributed by atoms with Gasteiger partial charge in [0.25, 0.3) is 0 Å². The van der Waals surface area contributed by atoms with Crippen molar-refractivity contribution in [3.05, 3.63) is 59.5 Å². The number of methoxy groups -OCH3 is 1. The summed E-state index contributed by atoms with van der Waals surface area (Å²) in [6.07, 6.45) is 8.84. The maximum absolute atomic E-state index is 7.97. The minimum Gasteiger partial charge on any atom is -0.383 e. The van der Waals surface area contributed by atoms with Gasteiger partial charge in [0.2, 0.25) is 5.95 Å². The minimum absolute atomic E-state index is 0.174. The summed E-state index contributed by atoms with van der Waals surface area (Å²) in [4.78, 5) is 16.3. The number of likely N-dealkylation sites (N-methyl/N-ethyl adjacent to an activating group) is 1. The number of rotatable bonds is 13. The first kappa shape index (κ1) is 28.3. The molecule has 41 heavy (non-hydrogen) atoms. The van der Waals surface area contributed by atoms with Crippen molar-refractivity contribution in [3.8, 4) is 22.5 Å². The Kier molecular flexibility index (Phi) is 8.95. The van der Waals surface area contributed by atoms with Crippen LogP contribution in [0.2, 0.25) is 0 Å². The largest absolute Gasteiger partial charge is 0.383 e. The lowest BCUT2D eigenvalue weighted by Crippen LogP contribution is -2.25. The fourth-order valence-electron chi connectivity index (χ4n) is 5.04. The van der Waals surface area contributed by atoms with E-state index in [4.69, 9.17) is 20.2 Å². The van der Waals surface area contributed by atoms with Crippen molar-refractivity contribution in [1.82, 2.24) is 34.4 Å². The molecule has 1 unspecified atom stereocenters. The molecule has 0 amide bonds. The summed E-state index contributed by atoms with van der Waals surface area (Å²) >= 11 is 0. The minimum atomic E-state index is -0.174. The summed E-state index contributed by atoms with van der Waals surface area (Å²) in [7, 11) is 5.75. The van der Waals surface area contributed by atoms with Crippen molar-refractivity contribution in [2.24, 2.45) is 12.0 Å². The van der Waals surface area contributed by atoms with E-state index in [0.717, 1.165) is 71.8 Å². The van der Waals surface area contributed by atoms with E-state index in [1.807, 2.05) is 41.1 Å². The summed E-state index contributed by atoms with van der Waals surface area (Å²) in [6.45, 7) is 5.96. The second-order valence-corrected chi connectivity index (χ2v) is 10.2. The Morgan fingerprint density at radius 1 is 1.17 bits per heavy atom. The zero-order chi connectivity index (χ0) is 28.8. The number of fused-ring (bicyclic) bond motifs is 3. The van der Waals surface area contributed by atoms with Gasteiger partial charge in [-0.3, -0.25) is 14.4 Å². The highest BCUT2D eigenvalue weighted by Gasteiger charge is 2.27. The van der Waals surface area contributed by atoms with E-state index in [9.17, 15) is 0 Å². The number of aromatic nitrogens is 6. The van der Waals surface area contributed by atoms with Crippen LogP contribution in [0.15, 0.2) is 47.7 Å². The Balaban J connectivity index is 1.36. The number of nitrogens with zero attached hydrogens (tertiary/aromatic N) is 8. The van der Waals surface area contributed by atoms with Crippen LogP contribution in [-0.2, 0) is 31.2 Å². The molecule has 0 spiro atoms. The lowest BCUT2D eigenvalue weighted by atomic mass is 9.91. The van der Waals surface area contributed by atoms with E-state index in [2.05, 4.69) is 63.5 Å². The zero-order valence-electron chi connectivity index (χ0n) is 24.2. The predicted molar refractivity (Wildman–Crippen MR) is 163 cm³/mol. The van der Waals surface area contributed by atoms with Gasteiger partial charge in [0.05, 0.1) is 36.2 Å². The van der Waals surface area contributed by atoms with Crippen molar-refractivity contribution >= 4 is 24.2 Å². The third-order valence-electron chi connectivity index (χ3n) is 7.36. The van der Waals surface area contributed by atoms with Crippen LogP contribution in [0.3, 0.4) is 0 Å². The van der Waals surface area contributed by atoms with Crippen LogP contribution in [0, 0.1) is 5.41 Å². The molecule has 11 heteroatoms. The monoisotopic (exact) mass is 554 g/mol. The molecule has 0 saturated carbocycles. The number of ether oxygens (including phenoxy) is 1. The van der Waals surface area contributed by atoms with Gasteiger partial charge < -0.3 is 20.4 Å². The molecule has 0 bridgehead atoms. The van der Waals surface area contributed by atoms with Gasteiger partial charge in [-0.25, -0.2) is 9.97 Å². The van der Waals surface area contributed by atoms with Gasteiger partial charge in [-0.1, -0.05) is 24.3 Å². The highest BCUT2D eigenvalue weighted by Crippen LogP contribution is 2.39. The topological polar surface area (TPSA) is 122 Å². The van der Waals surface area contributed by atoms with Crippen LogP contribution >= 0.6 is 0 Å². The van der Waals surface area contributed by atoms with Crippen LogP contribution in [0.4, 0.5) is 11.8 Å². The molecule has 1 aliphatic carbocycles. The number of nitrogens with one attached hydrogen (secondary N) is 2. The van der Waals surface area contributed by atoms with Gasteiger partial charge in [-0.2, -0.15) is 10.2 Å². The summed E-state index contributed by atoms with van der Waals surface area (Å²) in [6, 6.07) is 10.3. The summed E-state index contributed by atoms with van der Waals surface area (Å²) < 4.78 is 8.94. The van der Waals surface area contributed by atoms with Crippen molar-refractivity contribution in [2.45, 2.75) is 32.2 Å². The van der Waals surface area contributed by atoms with E-state index in [-0.39, 0.29) is 5.92 Å². The number of benzene rings is 1. The molecule has 0 saturated heterocycles. The van der Waals surface area contributed by atoms with Crippen molar-refractivity contribution < 1.29 is 4.74 Å². The average molecular weight is 555 g/mol. The first-order valence-corrected chi connectivity index (χ1v) is 14.0. The van der Waals surface area contributed by atoms with Gasteiger partial charge in [-0.15, -0.1) is 0 Å². The normalized spacial score (nSPS) is 13.4. The van der Waals surface area contributed by atoms with Gasteiger partial charge in [0, 0.05) is 75.8 Å². The van der Waals surface area contributed by atoms with Crippen molar-refractivity contribution in [2.75, 3.05) is 45.7 Å². The molecule has 1 aromatic carbocycles. The number of anilines is 2. The first-order chi connectivity index (χ1) is 20.0. The highest BCUT2D eigenvalue weighted by molar-refractivity contribution is 5.90.